The molecule has 2 rings (SSSR count). The Labute approximate surface area is 105 Å². The molecule has 1 heterocycles. The Morgan fingerprint density at radius 2 is 2.06 bits per heavy atom. The third kappa shape index (κ3) is 3.32. The number of aryl methyl sites for hydroxylation is 1. The Morgan fingerprint density at radius 1 is 1.29 bits per heavy atom. The molecule has 0 radical (unpaired) electrons. The summed E-state index contributed by atoms with van der Waals surface area (Å²) in [6, 6.07) is 11.9. The summed E-state index contributed by atoms with van der Waals surface area (Å²) in [6.45, 7) is 2.72. The van der Waals surface area contributed by atoms with E-state index in [4.69, 9.17) is 5.73 Å². The van der Waals surface area contributed by atoms with Gasteiger partial charge in [-0.1, -0.05) is 18.2 Å². The lowest BCUT2D eigenvalue weighted by molar-refractivity contribution is 1.08. The van der Waals surface area contributed by atoms with E-state index in [-0.39, 0.29) is 0 Å². The molecule has 0 atom stereocenters. The quantitative estimate of drug-likeness (QED) is 0.645. The topological polar surface area (TPSA) is 50.4 Å². The van der Waals surface area contributed by atoms with Crippen molar-refractivity contribution in [3.05, 3.63) is 52.2 Å². The maximum atomic E-state index is 5.82. The molecular weight excluding hydrogens is 230 g/mol. The number of guanidine groups is 1. The van der Waals surface area contributed by atoms with Crippen LogP contribution in [0.4, 0.5) is 5.69 Å². The Morgan fingerprint density at radius 3 is 2.71 bits per heavy atom. The number of para-hydroxylation sites is 1. The first-order valence-corrected chi connectivity index (χ1v) is 6.28. The minimum Gasteiger partial charge on any atom is -0.370 e. The van der Waals surface area contributed by atoms with Gasteiger partial charge in [-0.2, -0.15) is 0 Å². The summed E-state index contributed by atoms with van der Waals surface area (Å²) >= 11 is 1.71. The van der Waals surface area contributed by atoms with Gasteiger partial charge < -0.3 is 11.1 Å². The molecule has 0 fully saturated rings. The van der Waals surface area contributed by atoms with Gasteiger partial charge in [-0.05, 0) is 36.1 Å². The van der Waals surface area contributed by atoms with Crippen molar-refractivity contribution >= 4 is 23.0 Å². The first kappa shape index (κ1) is 11.7. The van der Waals surface area contributed by atoms with E-state index in [2.05, 4.69) is 28.7 Å². The predicted octanol–water partition coefficient (Wildman–Crippen LogP) is 2.98. The standard InChI is InChI=1S/C13H15N3S/c1-10-7-8-17-12(10)9-15-13(14)16-11-5-3-2-4-6-11/h2-8H,9H2,1H3,(H3,14,15,16). The lowest BCUT2D eigenvalue weighted by Gasteiger charge is -2.04. The highest BCUT2D eigenvalue weighted by Crippen LogP contribution is 2.16. The monoisotopic (exact) mass is 245 g/mol. The van der Waals surface area contributed by atoms with E-state index in [1.54, 1.807) is 11.3 Å². The number of nitrogens with two attached hydrogens (primary N) is 1. The average Bonchev–Trinajstić information content (AvgIpc) is 2.74. The molecule has 0 aliphatic carbocycles. The van der Waals surface area contributed by atoms with E-state index >= 15 is 0 Å². The van der Waals surface area contributed by atoms with Crippen molar-refractivity contribution < 1.29 is 0 Å². The second-order valence-electron chi connectivity index (χ2n) is 3.72. The predicted molar refractivity (Wildman–Crippen MR) is 74.4 cm³/mol. The maximum absolute atomic E-state index is 5.82. The SMILES string of the molecule is Cc1ccsc1CN=C(N)Nc1ccccc1. The maximum Gasteiger partial charge on any atom is 0.193 e. The molecule has 1 aromatic carbocycles. The van der Waals surface area contributed by atoms with Gasteiger partial charge in [0.2, 0.25) is 0 Å². The highest BCUT2D eigenvalue weighted by Gasteiger charge is 1.99. The van der Waals surface area contributed by atoms with Gasteiger partial charge in [0.15, 0.2) is 5.96 Å². The largest absolute Gasteiger partial charge is 0.370 e. The van der Waals surface area contributed by atoms with Crippen LogP contribution in [-0.2, 0) is 6.54 Å². The van der Waals surface area contributed by atoms with Gasteiger partial charge in [-0.3, -0.25) is 0 Å². The van der Waals surface area contributed by atoms with E-state index in [1.807, 2.05) is 30.3 Å². The summed E-state index contributed by atoms with van der Waals surface area (Å²) in [5.41, 5.74) is 8.04. The number of hydrogen-bond acceptors (Lipinski definition) is 2. The van der Waals surface area contributed by atoms with Crippen molar-refractivity contribution in [3.63, 3.8) is 0 Å². The summed E-state index contributed by atoms with van der Waals surface area (Å²) in [4.78, 5) is 5.57. The van der Waals surface area contributed by atoms with Gasteiger partial charge in [0.25, 0.3) is 0 Å². The molecule has 0 saturated heterocycles. The van der Waals surface area contributed by atoms with Crippen LogP contribution >= 0.6 is 11.3 Å². The summed E-state index contributed by atoms with van der Waals surface area (Å²) in [5.74, 6) is 0.448. The molecule has 1 aromatic heterocycles. The van der Waals surface area contributed by atoms with Crippen molar-refractivity contribution in [2.24, 2.45) is 10.7 Å². The second-order valence-corrected chi connectivity index (χ2v) is 4.72. The van der Waals surface area contributed by atoms with Crippen molar-refractivity contribution in [1.82, 2.24) is 0 Å². The zero-order valence-electron chi connectivity index (χ0n) is 9.68. The molecule has 0 bridgehead atoms. The van der Waals surface area contributed by atoms with Crippen LogP contribution in [0.1, 0.15) is 10.4 Å². The summed E-state index contributed by atoms with van der Waals surface area (Å²) < 4.78 is 0. The van der Waals surface area contributed by atoms with E-state index in [1.165, 1.54) is 10.4 Å². The minimum absolute atomic E-state index is 0.448. The molecule has 4 heteroatoms. The lowest BCUT2D eigenvalue weighted by atomic mass is 10.3. The van der Waals surface area contributed by atoms with Gasteiger partial charge in [-0.25, -0.2) is 4.99 Å². The van der Waals surface area contributed by atoms with Gasteiger partial charge in [-0.15, -0.1) is 11.3 Å². The fraction of sp³-hybridized carbons (Fsp3) is 0.154. The molecule has 0 aliphatic heterocycles. The Kier molecular flexibility index (Phi) is 3.77. The smallest absolute Gasteiger partial charge is 0.193 e. The van der Waals surface area contributed by atoms with Gasteiger partial charge in [0.1, 0.15) is 0 Å². The van der Waals surface area contributed by atoms with Crippen LogP contribution in [0.25, 0.3) is 0 Å². The third-order valence-corrected chi connectivity index (χ3v) is 3.42. The molecule has 0 amide bonds. The summed E-state index contributed by atoms with van der Waals surface area (Å²) in [5, 5.41) is 5.13. The number of benzene rings is 1. The molecule has 0 spiro atoms. The van der Waals surface area contributed by atoms with Gasteiger partial charge >= 0.3 is 0 Å². The van der Waals surface area contributed by atoms with Crippen molar-refractivity contribution in [3.8, 4) is 0 Å². The molecule has 3 N–H and O–H groups in total. The molecule has 3 nitrogen and oxygen atoms in total. The fourth-order valence-corrected chi connectivity index (χ4v) is 2.26. The molecule has 0 unspecified atom stereocenters. The van der Waals surface area contributed by atoms with Crippen LogP contribution in [0.5, 0.6) is 0 Å². The molecule has 0 aliphatic rings. The van der Waals surface area contributed by atoms with Crippen LogP contribution in [0, 0.1) is 6.92 Å². The van der Waals surface area contributed by atoms with Crippen molar-refractivity contribution in [2.75, 3.05) is 5.32 Å². The van der Waals surface area contributed by atoms with E-state index < -0.39 is 0 Å². The highest BCUT2D eigenvalue weighted by molar-refractivity contribution is 7.10. The zero-order chi connectivity index (χ0) is 12.1. The van der Waals surface area contributed by atoms with E-state index in [0.29, 0.717) is 12.5 Å². The lowest BCUT2D eigenvalue weighted by Crippen LogP contribution is -2.22. The van der Waals surface area contributed by atoms with Crippen molar-refractivity contribution in [1.29, 1.82) is 0 Å². The molecular formula is C13H15N3S. The van der Waals surface area contributed by atoms with Crippen LogP contribution < -0.4 is 11.1 Å². The van der Waals surface area contributed by atoms with E-state index in [9.17, 15) is 0 Å². The van der Waals surface area contributed by atoms with Crippen molar-refractivity contribution in [2.45, 2.75) is 13.5 Å². The average molecular weight is 245 g/mol. The van der Waals surface area contributed by atoms with Gasteiger partial charge in [0.05, 0.1) is 6.54 Å². The molecule has 17 heavy (non-hydrogen) atoms. The van der Waals surface area contributed by atoms with Gasteiger partial charge in [0, 0.05) is 10.6 Å². The van der Waals surface area contributed by atoms with Crippen LogP contribution in [-0.4, -0.2) is 5.96 Å². The Balaban J connectivity index is 1.97. The number of nitrogens with zero attached hydrogens (tertiary/aromatic N) is 1. The summed E-state index contributed by atoms with van der Waals surface area (Å²) in [7, 11) is 0. The molecule has 0 saturated carbocycles. The number of nitrogens with one attached hydrogen (secondary N) is 1. The first-order valence-electron chi connectivity index (χ1n) is 5.40. The normalized spacial score (nSPS) is 11.5. The third-order valence-electron chi connectivity index (χ3n) is 2.41. The highest BCUT2D eigenvalue weighted by atomic mass is 32.1. The van der Waals surface area contributed by atoms with E-state index in [0.717, 1.165) is 5.69 Å². The number of anilines is 1. The number of hydrogen-bond donors (Lipinski definition) is 2. The molecule has 2 aromatic rings. The minimum atomic E-state index is 0.448. The van der Waals surface area contributed by atoms with Crippen LogP contribution in [0.15, 0.2) is 46.8 Å². The zero-order valence-corrected chi connectivity index (χ0v) is 10.5. The molecule has 88 valence electrons. The first-order chi connectivity index (χ1) is 8.25. The fourth-order valence-electron chi connectivity index (χ4n) is 1.43. The summed E-state index contributed by atoms with van der Waals surface area (Å²) in [6.07, 6.45) is 0. The number of rotatable bonds is 3. The number of aliphatic imine (C=N–C) groups is 1. The Hall–Kier alpha value is -1.81. The number of thiophene rings is 1. The second kappa shape index (κ2) is 5.50. The van der Waals surface area contributed by atoms with Crippen LogP contribution in [0.3, 0.4) is 0 Å². The Bertz CT molecular complexity index is 502. The van der Waals surface area contributed by atoms with Crippen LogP contribution in [0.2, 0.25) is 0 Å².